The standard InChI is InChI=1S/C26H26N6O2S/c1-33-12-13-34-20-7-8-23(30-17-20)24-21(14-27)25(32-10-3-2-4-11-32)31-26(22(24)15-28)35-18-19-6-5-9-29-16-19/h5-9,16-17H,2-4,10-13,18H2,1H3. The predicted octanol–water partition coefficient (Wildman–Crippen LogP) is 4.59. The fourth-order valence-corrected chi connectivity index (χ4v) is 4.87. The van der Waals surface area contributed by atoms with Crippen molar-refractivity contribution in [1.29, 1.82) is 10.5 Å². The number of anilines is 1. The molecule has 0 radical (unpaired) electrons. The number of ether oxygens (including phenoxy) is 2. The van der Waals surface area contributed by atoms with E-state index in [0.29, 0.717) is 57.9 Å². The minimum Gasteiger partial charge on any atom is -0.490 e. The van der Waals surface area contributed by atoms with Gasteiger partial charge >= 0.3 is 0 Å². The van der Waals surface area contributed by atoms with E-state index in [0.717, 1.165) is 37.9 Å². The minimum atomic E-state index is 0.358. The molecular weight excluding hydrogens is 460 g/mol. The van der Waals surface area contributed by atoms with Gasteiger partial charge in [0.2, 0.25) is 0 Å². The van der Waals surface area contributed by atoms with Crippen molar-refractivity contribution in [2.45, 2.75) is 30.0 Å². The lowest BCUT2D eigenvalue weighted by Crippen LogP contribution is -2.31. The van der Waals surface area contributed by atoms with E-state index < -0.39 is 0 Å². The quantitative estimate of drug-likeness (QED) is 0.317. The molecule has 0 atom stereocenters. The summed E-state index contributed by atoms with van der Waals surface area (Å²) in [5.74, 6) is 1.83. The Balaban J connectivity index is 1.78. The summed E-state index contributed by atoms with van der Waals surface area (Å²) in [6.07, 6.45) is 8.40. The third-order valence-electron chi connectivity index (χ3n) is 5.67. The molecule has 0 saturated carbocycles. The normalized spacial score (nSPS) is 13.2. The number of rotatable bonds is 9. The van der Waals surface area contributed by atoms with Gasteiger partial charge in [-0.2, -0.15) is 10.5 Å². The third kappa shape index (κ3) is 5.89. The van der Waals surface area contributed by atoms with Crippen LogP contribution in [0.5, 0.6) is 5.75 Å². The second-order valence-corrected chi connectivity index (χ2v) is 8.97. The van der Waals surface area contributed by atoms with E-state index in [9.17, 15) is 10.5 Å². The summed E-state index contributed by atoms with van der Waals surface area (Å²) in [4.78, 5) is 15.8. The van der Waals surface area contributed by atoms with Crippen LogP contribution in [0.25, 0.3) is 11.3 Å². The van der Waals surface area contributed by atoms with Crippen LogP contribution < -0.4 is 9.64 Å². The van der Waals surface area contributed by atoms with Gasteiger partial charge in [0.25, 0.3) is 0 Å². The number of aromatic nitrogens is 3. The monoisotopic (exact) mass is 486 g/mol. The van der Waals surface area contributed by atoms with E-state index >= 15 is 0 Å². The van der Waals surface area contributed by atoms with E-state index in [2.05, 4.69) is 27.0 Å². The van der Waals surface area contributed by atoms with Crippen LogP contribution in [0.3, 0.4) is 0 Å². The summed E-state index contributed by atoms with van der Waals surface area (Å²) in [5.41, 5.74) is 2.83. The van der Waals surface area contributed by atoms with Crippen molar-refractivity contribution in [2.24, 2.45) is 0 Å². The fraction of sp³-hybridized carbons (Fsp3) is 0.346. The largest absolute Gasteiger partial charge is 0.490 e. The van der Waals surface area contributed by atoms with Gasteiger partial charge in [-0.3, -0.25) is 9.97 Å². The van der Waals surface area contributed by atoms with Gasteiger partial charge in [-0.15, -0.1) is 11.8 Å². The number of methoxy groups -OCH3 is 1. The molecule has 0 spiro atoms. The first-order valence-corrected chi connectivity index (χ1v) is 12.5. The van der Waals surface area contributed by atoms with Gasteiger partial charge in [-0.1, -0.05) is 6.07 Å². The number of hydrogen-bond donors (Lipinski definition) is 0. The van der Waals surface area contributed by atoms with Crippen molar-refractivity contribution in [2.75, 3.05) is 38.3 Å². The Bertz CT molecular complexity index is 1220. The highest BCUT2D eigenvalue weighted by Crippen LogP contribution is 2.38. The van der Waals surface area contributed by atoms with E-state index in [-0.39, 0.29) is 0 Å². The highest BCUT2D eigenvalue weighted by molar-refractivity contribution is 7.98. The Morgan fingerprint density at radius 1 is 1.03 bits per heavy atom. The van der Waals surface area contributed by atoms with Crippen molar-refractivity contribution in [3.63, 3.8) is 0 Å². The lowest BCUT2D eigenvalue weighted by molar-refractivity contribution is 0.146. The number of hydrogen-bond acceptors (Lipinski definition) is 9. The topological polar surface area (TPSA) is 108 Å². The molecule has 0 bridgehead atoms. The summed E-state index contributed by atoms with van der Waals surface area (Å²) >= 11 is 1.47. The molecule has 1 aliphatic rings. The van der Waals surface area contributed by atoms with E-state index in [1.165, 1.54) is 11.8 Å². The maximum atomic E-state index is 10.2. The Morgan fingerprint density at radius 2 is 1.86 bits per heavy atom. The van der Waals surface area contributed by atoms with Crippen LogP contribution >= 0.6 is 11.8 Å². The molecule has 1 fully saturated rings. The third-order valence-corrected chi connectivity index (χ3v) is 6.72. The van der Waals surface area contributed by atoms with Crippen LogP contribution in [-0.4, -0.2) is 48.4 Å². The maximum absolute atomic E-state index is 10.2. The van der Waals surface area contributed by atoms with Crippen LogP contribution in [0.15, 0.2) is 47.9 Å². The van der Waals surface area contributed by atoms with E-state index in [1.54, 1.807) is 37.8 Å². The van der Waals surface area contributed by atoms with Gasteiger partial charge < -0.3 is 14.4 Å². The molecule has 3 aromatic rings. The van der Waals surface area contributed by atoms with Crippen LogP contribution in [-0.2, 0) is 10.5 Å². The van der Waals surface area contributed by atoms with Gasteiger partial charge in [0.15, 0.2) is 0 Å². The molecule has 0 aliphatic carbocycles. The number of thioether (sulfide) groups is 1. The van der Waals surface area contributed by atoms with Crippen molar-refractivity contribution in [3.05, 3.63) is 59.5 Å². The Kier molecular flexibility index (Phi) is 8.50. The van der Waals surface area contributed by atoms with Crippen molar-refractivity contribution in [1.82, 2.24) is 15.0 Å². The highest BCUT2D eigenvalue weighted by Gasteiger charge is 2.26. The molecule has 0 unspecified atom stereocenters. The molecule has 35 heavy (non-hydrogen) atoms. The van der Waals surface area contributed by atoms with Gasteiger partial charge in [-0.05, 0) is 43.0 Å². The van der Waals surface area contributed by atoms with Gasteiger partial charge in [0, 0.05) is 43.9 Å². The zero-order chi connectivity index (χ0) is 24.5. The van der Waals surface area contributed by atoms with Crippen molar-refractivity contribution in [3.8, 4) is 29.1 Å². The molecule has 0 N–H and O–H groups in total. The van der Waals surface area contributed by atoms with Crippen molar-refractivity contribution < 1.29 is 9.47 Å². The molecule has 4 heterocycles. The van der Waals surface area contributed by atoms with Gasteiger partial charge in [0.1, 0.15) is 40.9 Å². The molecule has 0 amide bonds. The SMILES string of the molecule is COCCOc1ccc(-c2c(C#N)c(SCc3cccnc3)nc(N3CCCCC3)c2C#N)nc1. The maximum Gasteiger partial charge on any atom is 0.148 e. The summed E-state index contributed by atoms with van der Waals surface area (Å²) in [7, 11) is 1.62. The molecule has 0 aromatic carbocycles. The minimum absolute atomic E-state index is 0.358. The number of nitriles is 2. The average Bonchev–Trinajstić information content (AvgIpc) is 2.92. The summed E-state index contributed by atoms with van der Waals surface area (Å²) in [6, 6.07) is 12.1. The summed E-state index contributed by atoms with van der Waals surface area (Å²) < 4.78 is 10.7. The average molecular weight is 487 g/mol. The molecule has 3 aromatic heterocycles. The smallest absolute Gasteiger partial charge is 0.148 e. The highest BCUT2D eigenvalue weighted by atomic mass is 32.2. The summed E-state index contributed by atoms with van der Waals surface area (Å²) in [5, 5.41) is 21.0. The molecule has 1 aliphatic heterocycles. The predicted molar refractivity (Wildman–Crippen MR) is 134 cm³/mol. The first-order chi connectivity index (χ1) is 17.2. The van der Waals surface area contributed by atoms with Crippen molar-refractivity contribution >= 4 is 17.6 Å². The van der Waals surface area contributed by atoms with Gasteiger partial charge in [0.05, 0.1) is 24.1 Å². The van der Waals surface area contributed by atoms with Crippen LogP contribution in [0, 0.1) is 22.7 Å². The van der Waals surface area contributed by atoms with Crippen LogP contribution in [0.4, 0.5) is 5.82 Å². The molecule has 178 valence electrons. The Morgan fingerprint density at radius 3 is 2.51 bits per heavy atom. The first-order valence-electron chi connectivity index (χ1n) is 11.5. The number of piperidine rings is 1. The zero-order valence-electron chi connectivity index (χ0n) is 19.6. The van der Waals surface area contributed by atoms with Crippen LogP contribution in [0.2, 0.25) is 0 Å². The molecule has 9 heteroatoms. The van der Waals surface area contributed by atoms with E-state index in [1.807, 2.05) is 12.1 Å². The molecular formula is C26H26N6O2S. The molecule has 4 rings (SSSR count). The molecule has 1 saturated heterocycles. The second kappa shape index (κ2) is 12.2. The fourth-order valence-electron chi connectivity index (χ4n) is 3.95. The van der Waals surface area contributed by atoms with E-state index in [4.69, 9.17) is 14.5 Å². The Hall–Kier alpha value is -3.66. The molecule has 8 nitrogen and oxygen atoms in total. The second-order valence-electron chi connectivity index (χ2n) is 8.01. The number of pyridine rings is 3. The first kappa shape index (κ1) is 24.5. The lowest BCUT2D eigenvalue weighted by Gasteiger charge is -2.29. The zero-order valence-corrected chi connectivity index (χ0v) is 20.4. The number of nitrogens with zero attached hydrogens (tertiary/aromatic N) is 6. The Labute approximate surface area is 209 Å². The summed E-state index contributed by atoms with van der Waals surface area (Å²) in [6.45, 7) is 2.55. The lowest BCUT2D eigenvalue weighted by atomic mass is 9.99. The van der Waals surface area contributed by atoms with Crippen LogP contribution in [0.1, 0.15) is 36.0 Å². The van der Waals surface area contributed by atoms with Gasteiger partial charge in [-0.25, -0.2) is 4.98 Å².